The predicted molar refractivity (Wildman–Crippen MR) is 78.3 cm³/mol. The Morgan fingerprint density at radius 1 is 1.42 bits per heavy atom. The van der Waals surface area contributed by atoms with E-state index in [0.717, 1.165) is 38.2 Å². The normalized spacial score (nSPS) is 17.1. The van der Waals surface area contributed by atoms with Gasteiger partial charge in [-0.15, -0.1) is 6.42 Å². The van der Waals surface area contributed by atoms with Crippen molar-refractivity contribution in [3.63, 3.8) is 0 Å². The molecule has 19 heavy (non-hydrogen) atoms. The summed E-state index contributed by atoms with van der Waals surface area (Å²) in [5, 5.41) is 3.51. The van der Waals surface area contributed by atoms with Gasteiger partial charge in [-0.3, -0.25) is 9.69 Å². The highest BCUT2D eigenvalue weighted by molar-refractivity contribution is 5.41. The molecule has 4 heteroatoms. The van der Waals surface area contributed by atoms with Crippen molar-refractivity contribution in [1.82, 2.24) is 9.47 Å². The molecule has 0 atom stereocenters. The fraction of sp³-hybridized carbons (Fsp3) is 0.533. The number of aryl methyl sites for hydroxylation is 1. The molecule has 0 spiro atoms. The molecule has 2 heterocycles. The van der Waals surface area contributed by atoms with Crippen LogP contribution >= 0.6 is 0 Å². The molecule has 1 aromatic rings. The van der Waals surface area contributed by atoms with Crippen LogP contribution in [0.25, 0.3) is 0 Å². The van der Waals surface area contributed by atoms with E-state index in [9.17, 15) is 4.79 Å². The van der Waals surface area contributed by atoms with Crippen molar-refractivity contribution in [3.05, 3.63) is 28.7 Å². The van der Waals surface area contributed by atoms with E-state index in [0.29, 0.717) is 12.6 Å². The molecule has 1 aromatic heterocycles. The van der Waals surface area contributed by atoms with Gasteiger partial charge in [0.2, 0.25) is 0 Å². The third kappa shape index (κ3) is 3.62. The van der Waals surface area contributed by atoms with Crippen molar-refractivity contribution in [2.45, 2.75) is 32.4 Å². The predicted octanol–water partition coefficient (Wildman–Crippen LogP) is 1.38. The van der Waals surface area contributed by atoms with Gasteiger partial charge >= 0.3 is 0 Å². The van der Waals surface area contributed by atoms with Gasteiger partial charge in [0.25, 0.3) is 5.56 Å². The maximum atomic E-state index is 11.5. The SMILES string of the molecule is C#CCN1CCC(Nc2ccc(=O)n(CC)c2)CC1. The Hall–Kier alpha value is -1.73. The molecule has 0 bridgehead atoms. The molecule has 0 radical (unpaired) electrons. The van der Waals surface area contributed by atoms with Gasteiger partial charge < -0.3 is 9.88 Å². The lowest BCUT2D eigenvalue weighted by Crippen LogP contribution is -2.39. The second kappa shape index (κ2) is 6.44. The van der Waals surface area contributed by atoms with Crippen LogP contribution in [0.4, 0.5) is 5.69 Å². The van der Waals surface area contributed by atoms with Crippen molar-refractivity contribution in [3.8, 4) is 12.3 Å². The number of piperidine rings is 1. The van der Waals surface area contributed by atoms with Crippen molar-refractivity contribution in [1.29, 1.82) is 0 Å². The van der Waals surface area contributed by atoms with Crippen LogP contribution in [0.5, 0.6) is 0 Å². The third-order valence-corrected chi connectivity index (χ3v) is 3.60. The van der Waals surface area contributed by atoms with Crippen LogP contribution in [0.15, 0.2) is 23.1 Å². The molecule has 102 valence electrons. The molecule has 0 aromatic carbocycles. The molecule has 0 aliphatic carbocycles. The van der Waals surface area contributed by atoms with E-state index in [1.54, 1.807) is 10.6 Å². The number of terminal acetylenes is 1. The van der Waals surface area contributed by atoms with Gasteiger partial charge in [0.05, 0.1) is 12.2 Å². The number of likely N-dealkylation sites (tertiary alicyclic amines) is 1. The Bertz CT molecular complexity index is 507. The quantitative estimate of drug-likeness (QED) is 0.830. The zero-order chi connectivity index (χ0) is 13.7. The molecule has 2 rings (SSSR count). The minimum atomic E-state index is 0.0527. The Kier molecular flexibility index (Phi) is 4.64. The summed E-state index contributed by atoms with van der Waals surface area (Å²) in [4.78, 5) is 13.8. The molecule has 1 N–H and O–H groups in total. The zero-order valence-corrected chi connectivity index (χ0v) is 11.4. The summed E-state index contributed by atoms with van der Waals surface area (Å²) in [7, 11) is 0. The molecule has 1 aliphatic heterocycles. The minimum Gasteiger partial charge on any atom is -0.381 e. The summed E-state index contributed by atoms with van der Waals surface area (Å²) < 4.78 is 1.72. The van der Waals surface area contributed by atoms with E-state index in [4.69, 9.17) is 6.42 Å². The summed E-state index contributed by atoms with van der Waals surface area (Å²) >= 11 is 0. The number of nitrogens with zero attached hydrogens (tertiary/aromatic N) is 2. The van der Waals surface area contributed by atoms with Gasteiger partial charge in [-0.1, -0.05) is 5.92 Å². The largest absolute Gasteiger partial charge is 0.381 e. The number of rotatable bonds is 4. The Morgan fingerprint density at radius 2 is 2.16 bits per heavy atom. The molecular formula is C15H21N3O. The van der Waals surface area contributed by atoms with Gasteiger partial charge in [0.1, 0.15) is 0 Å². The Labute approximate surface area is 114 Å². The van der Waals surface area contributed by atoms with E-state index >= 15 is 0 Å². The average molecular weight is 259 g/mol. The van der Waals surface area contributed by atoms with Crippen molar-refractivity contribution >= 4 is 5.69 Å². The second-order valence-electron chi connectivity index (χ2n) is 4.94. The highest BCUT2D eigenvalue weighted by atomic mass is 16.1. The van der Waals surface area contributed by atoms with Gasteiger partial charge in [0, 0.05) is 37.9 Å². The fourth-order valence-electron chi connectivity index (χ4n) is 2.46. The van der Waals surface area contributed by atoms with E-state index in [2.05, 4.69) is 16.1 Å². The first-order valence-corrected chi connectivity index (χ1v) is 6.85. The fourth-order valence-corrected chi connectivity index (χ4v) is 2.46. The van der Waals surface area contributed by atoms with Crippen LogP contribution in [0, 0.1) is 12.3 Å². The minimum absolute atomic E-state index is 0.0527. The van der Waals surface area contributed by atoms with E-state index < -0.39 is 0 Å². The van der Waals surface area contributed by atoms with Crippen molar-refractivity contribution < 1.29 is 0 Å². The first kappa shape index (κ1) is 13.7. The number of hydrogen-bond acceptors (Lipinski definition) is 3. The van der Waals surface area contributed by atoms with Crippen molar-refractivity contribution in [2.24, 2.45) is 0 Å². The zero-order valence-electron chi connectivity index (χ0n) is 11.4. The highest BCUT2D eigenvalue weighted by Gasteiger charge is 2.18. The summed E-state index contributed by atoms with van der Waals surface area (Å²) in [6.07, 6.45) is 9.40. The van der Waals surface area contributed by atoms with Gasteiger partial charge in [-0.05, 0) is 25.8 Å². The molecule has 0 unspecified atom stereocenters. The maximum absolute atomic E-state index is 11.5. The standard InChI is InChI=1S/C15H21N3O/c1-3-9-17-10-7-13(8-11-17)16-14-5-6-15(19)18(4-2)12-14/h1,5-6,12-13,16H,4,7-11H2,2H3. The topological polar surface area (TPSA) is 37.3 Å². The van der Waals surface area contributed by atoms with Crippen molar-refractivity contribution in [2.75, 3.05) is 25.0 Å². The molecular weight excluding hydrogens is 238 g/mol. The van der Waals surface area contributed by atoms with Crippen LogP contribution in [0.1, 0.15) is 19.8 Å². The lowest BCUT2D eigenvalue weighted by molar-refractivity contribution is 0.243. The first-order chi connectivity index (χ1) is 9.22. The molecule has 1 fully saturated rings. The maximum Gasteiger partial charge on any atom is 0.250 e. The van der Waals surface area contributed by atoms with Crippen LogP contribution in [-0.4, -0.2) is 35.1 Å². The van der Waals surface area contributed by atoms with Crippen LogP contribution in [0.3, 0.4) is 0 Å². The molecule has 1 saturated heterocycles. The van der Waals surface area contributed by atoms with Gasteiger partial charge in [0.15, 0.2) is 0 Å². The Balaban J connectivity index is 1.92. The smallest absolute Gasteiger partial charge is 0.250 e. The molecule has 1 aliphatic rings. The second-order valence-corrected chi connectivity index (χ2v) is 4.94. The number of hydrogen-bond donors (Lipinski definition) is 1. The highest BCUT2D eigenvalue weighted by Crippen LogP contribution is 2.15. The van der Waals surface area contributed by atoms with Gasteiger partial charge in [-0.2, -0.15) is 0 Å². The van der Waals surface area contributed by atoms with Crippen LogP contribution in [-0.2, 0) is 6.54 Å². The molecule has 0 amide bonds. The molecule has 4 nitrogen and oxygen atoms in total. The number of anilines is 1. The van der Waals surface area contributed by atoms with E-state index in [1.165, 1.54) is 0 Å². The number of pyridine rings is 1. The first-order valence-electron chi connectivity index (χ1n) is 6.85. The monoisotopic (exact) mass is 259 g/mol. The van der Waals surface area contributed by atoms with E-state index in [1.807, 2.05) is 19.2 Å². The lowest BCUT2D eigenvalue weighted by atomic mass is 10.0. The van der Waals surface area contributed by atoms with Crippen LogP contribution in [0.2, 0.25) is 0 Å². The van der Waals surface area contributed by atoms with E-state index in [-0.39, 0.29) is 5.56 Å². The molecule has 0 saturated carbocycles. The average Bonchev–Trinajstić information content (AvgIpc) is 2.43. The Morgan fingerprint density at radius 3 is 2.79 bits per heavy atom. The summed E-state index contributed by atoms with van der Waals surface area (Å²) in [6, 6.07) is 3.96. The van der Waals surface area contributed by atoms with Crippen LogP contribution < -0.4 is 10.9 Å². The summed E-state index contributed by atoms with van der Waals surface area (Å²) in [5.41, 5.74) is 1.08. The number of aromatic nitrogens is 1. The number of nitrogens with one attached hydrogen (secondary N) is 1. The third-order valence-electron chi connectivity index (χ3n) is 3.60. The lowest BCUT2D eigenvalue weighted by Gasteiger charge is -2.31. The summed E-state index contributed by atoms with van der Waals surface area (Å²) in [6.45, 7) is 5.50. The van der Waals surface area contributed by atoms with Gasteiger partial charge in [-0.25, -0.2) is 0 Å². The summed E-state index contributed by atoms with van der Waals surface area (Å²) in [5.74, 6) is 2.69.